The van der Waals surface area contributed by atoms with Crippen molar-refractivity contribution < 1.29 is 8.42 Å². The van der Waals surface area contributed by atoms with E-state index in [9.17, 15) is 13.2 Å². The highest BCUT2D eigenvalue weighted by Crippen LogP contribution is 2.23. The fourth-order valence-electron chi connectivity index (χ4n) is 2.46. The van der Waals surface area contributed by atoms with Gasteiger partial charge < -0.3 is 0 Å². The predicted molar refractivity (Wildman–Crippen MR) is 102 cm³/mol. The van der Waals surface area contributed by atoms with Crippen LogP contribution in [0.4, 0.5) is 0 Å². The van der Waals surface area contributed by atoms with Gasteiger partial charge in [-0.2, -0.15) is 0 Å². The van der Waals surface area contributed by atoms with Crippen LogP contribution in [0.2, 0.25) is 5.02 Å². The van der Waals surface area contributed by atoms with Crippen molar-refractivity contribution in [1.82, 2.24) is 9.29 Å². The Bertz CT molecular complexity index is 1050. The van der Waals surface area contributed by atoms with Gasteiger partial charge in [-0.25, -0.2) is 13.1 Å². The van der Waals surface area contributed by atoms with E-state index < -0.39 is 10.0 Å². The minimum atomic E-state index is -3.55. The topological polar surface area (TPSA) is 68.2 Å². The fraction of sp³-hybridized carbons (Fsp3) is 0.235. The molecule has 25 heavy (non-hydrogen) atoms. The first-order valence-electron chi connectivity index (χ1n) is 7.78. The molecule has 3 rings (SSSR count). The van der Waals surface area contributed by atoms with E-state index in [1.807, 2.05) is 19.1 Å². The van der Waals surface area contributed by atoms with Gasteiger partial charge in [-0.05, 0) is 42.3 Å². The van der Waals surface area contributed by atoms with Crippen molar-refractivity contribution in [1.29, 1.82) is 0 Å². The summed E-state index contributed by atoms with van der Waals surface area (Å²) in [7, 11) is -3.55. The number of rotatable bonds is 6. The van der Waals surface area contributed by atoms with Crippen LogP contribution in [0.15, 0.2) is 52.2 Å². The zero-order chi connectivity index (χ0) is 18.0. The van der Waals surface area contributed by atoms with Crippen LogP contribution in [0.5, 0.6) is 0 Å². The van der Waals surface area contributed by atoms with E-state index in [2.05, 4.69) is 4.72 Å². The van der Waals surface area contributed by atoms with E-state index in [1.54, 1.807) is 28.8 Å². The van der Waals surface area contributed by atoms with E-state index in [-0.39, 0.29) is 9.77 Å². The molecule has 0 bridgehead atoms. The van der Waals surface area contributed by atoms with E-state index in [1.165, 1.54) is 6.07 Å². The number of aromatic nitrogens is 1. The van der Waals surface area contributed by atoms with Crippen molar-refractivity contribution in [3.8, 4) is 0 Å². The van der Waals surface area contributed by atoms with Gasteiger partial charge in [0.05, 0.1) is 21.7 Å². The Morgan fingerprint density at radius 3 is 2.56 bits per heavy atom. The highest BCUT2D eigenvalue weighted by molar-refractivity contribution is 7.89. The molecule has 5 nitrogen and oxygen atoms in total. The maximum absolute atomic E-state index is 12.3. The third-order valence-electron chi connectivity index (χ3n) is 3.75. The third-order valence-corrected chi connectivity index (χ3v) is 6.40. The lowest BCUT2D eigenvalue weighted by atomic mass is 10.2. The molecule has 0 aliphatic carbocycles. The van der Waals surface area contributed by atoms with Crippen molar-refractivity contribution in [3.05, 3.63) is 62.7 Å². The zero-order valence-electron chi connectivity index (χ0n) is 13.5. The van der Waals surface area contributed by atoms with Crippen molar-refractivity contribution in [2.45, 2.75) is 24.8 Å². The summed E-state index contributed by atoms with van der Waals surface area (Å²) in [6, 6.07) is 12.1. The molecule has 0 atom stereocenters. The molecule has 1 N–H and O–H groups in total. The summed E-state index contributed by atoms with van der Waals surface area (Å²) in [6.45, 7) is 2.69. The molecule has 1 aromatic heterocycles. The largest absolute Gasteiger partial charge is 0.308 e. The SMILES string of the molecule is CCCNS(=O)(=O)c1ccc2c(c1)sc(=O)n2Cc1ccc(Cl)cc1. The number of halogens is 1. The number of thiazole rings is 1. The summed E-state index contributed by atoms with van der Waals surface area (Å²) in [4.78, 5) is 12.4. The van der Waals surface area contributed by atoms with E-state index in [0.29, 0.717) is 29.2 Å². The summed E-state index contributed by atoms with van der Waals surface area (Å²) >= 11 is 6.93. The van der Waals surface area contributed by atoms with Gasteiger partial charge in [0.1, 0.15) is 0 Å². The molecule has 0 saturated carbocycles. The Hall–Kier alpha value is -1.67. The standard InChI is InChI=1S/C17H17ClN2O3S2/c1-2-9-19-25(22,23)14-7-8-15-16(10-14)24-17(21)20(15)11-12-3-5-13(18)6-4-12/h3-8,10,19H,2,9,11H2,1H3. The summed E-state index contributed by atoms with van der Waals surface area (Å²) in [5.74, 6) is 0. The van der Waals surface area contributed by atoms with Crippen molar-refractivity contribution in [3.63, 3.8) is 0 Å². The van der Waals surface area contributed by atoms with Gasteiger partial charge in [0.25, 0.3) is 0 Å². The molecular formula is C17H17ClN2O3S2. The zero-order valence-corrected chi connectivity index (χ0v) is 15.9. The van der Waals surface area contributed by atoms with Crippen LogP contribution < -0.4 is 9.60 Å². The molecule has 0 amide bonds. The van der Waals surface area contributed by atoms with Gasteiger partial charge in [0.15, 0.2) is 0 Å². The Labute approximate surface area is 154 Å². The second-order valence-electron chi connectivity index (χ2n) is 5.61. The molecule has 0 aliphatic rings. The number of benzene rings is 2. The molecule has 2 aromatic carbocycles. The third kappa shape index (κ3) is 3.95. The predicted octanol–water partition coefficient (Wildman–Crippen LogP) is 3.45. The lowest BCUT2D eigenvalue weighted by Crippen LogP contribution is -2.24. The lowest BCUT2D eigenvalue weighted by Gasteiger charge is -2.07. The van der Waals surface area contributed by atoms with Gasteiger partial charge in [-0.1, -0.05) is 42.0 Å². The van der Waals surface area contributed by atoms with Crippen LogP contribution in [0, 0.1) is 0 Å². The monoisotopic (exact) mass is 396 g/mol. The second-order valence-corrected chi connectivity index (χ2v) is 8.80. The molecule has 0 aliphatic heterocycles. The minimum Gasteiger partial charge on any atom is -0.294 e. The van der Waals surface area contributed by atoms with Gasteiger partial charge in [-0.15, -0.1) is 0 Å². The number of fused-ring (bicyclic) bond motifs is 1. The molecule has 0 saturated heterocycles. The van der Waals surface area contributed by atoms with Crippen LogP contribution >= 0.6 is 22.9 Å². The number of sulfonamides is 1. The van der Waals surface area contributed by atoms with Gasteiger partial charge >= 0.3 is 4.87 Å². The molecule has 0 radical (unpaired) electrons. The summed E-state index contributed by atoms with van der Waals surface area (Å²) in [6.07, 6.45) is 0.715. The molecule has 3 aromatic rings. The van der Waals surface area contributed by atoms with Crippen LogP contribution in [0.3, 0.4) is 0 Å². The highest BCUT2D eigenvalue weighted by Gasteiger charge is 2.16. The summed E-state index contributed by atoms with van der Waals surface area (Å²) < 4.78 is 29.3. The first-order valence-corrected chi connectivity index (χ1v) is 10.5. The molecular weight excluding hydrogens is 380 g/mol. The van der Waals surface area contributed by atoms with Crippen molar-refractivity contribution in [2.75, 3.05) is 6.54 Å². The Morgan fingerprint density at radius 2 is 1.88 bits per heavy atom. The van der Waals surface area contributed by atoms with Crippen LogP contribution in [-0.4, -0.2) is 19.5 Å². The van der Waals surface area contributed by atoms with Crippen LogP contribution in [0.1, 0.15) is 18.9 Å². The Kier molecular flexibility index (Phi) is 5.29. The van der Waals surface area contributed by atoms with E-state index >= 15 is 0 Å². The molecule has 0 unspecified atom stereocenters. The maximum Gasteiger partial charge on any atom is 0.308 e. The average Bonchev–Trinajstić information content (AvgIpc) is 2.90. The summed E-state index contributed by atoms with van der Waals surface area (Å²) in [5, 5.41) is 0.640. The lowest BCUT2D eigenvalue weighted by molar-refractivity contribution is 0.581. The number of hydrogen-bond donors (Lipinski definition) is 1. The molecule has 0 spiro atoms. The molecule has 132 valence electrons. The number of hydrogen-bond acceptors (Lipinski definition) is 4. The first kappa shape index (κ1) is 18.1. The van der Waals surface area contributed by atoms with Crippen molar-refractivity contribution in [2.24, 2.45) is 0 Å². The maximum atomic E-state index is 12.3. The molecule has 0 fully saturated rings. The molecule has 1 heterocycles. The van der Waals surface area contributed by atoms with Crippen molar-refractivity contribution >= 4 is 43.2 Å². The van der Waals surface area contributed by atoms with Gasteiger partial charge in [-0.3, -0.25) is 9.36 Å². The van der Waals surface area contributed by atoms with Crippen LogP contribution in [-0.2, 0) is 16.6 Å². The average molecular weight is 397 g/mol. The number of nitrogens with zero attached hydrogens (tertiary/aromatic N) is 1. The smallest absolute Gasteiger partial charge is 0.294 e. The quantitative estimate of drug-likeness (QED) is 0.693. The summed E-state index contributed by atoms with van der Waals surface area (Å²) in [5.41, 5.74) is 1.67. The number of nitrogens with one attached hydrogen (secondary N) is 1. The van der Waals surface area contributed by atoms with E-state index in [4.69, 9.17) is 11.6 Å². The van der Waals surface area contributed by atoms with Crippen LogP contribution in [0.25, 0.3) is 10.2 Å². The van der Waals surface area contributed by atoms with Gasteiger partial charge in [0, 0.05) is 11.6 Å². The first-order chi connectivity index (χ1) is 11.9. The Morgan fingerprint density at radius 1 is 1.16 bits per heavy atom. The van der Waals surface area contributed by atoms with E-state index in [0.717, 1.165) is 22.4 Å². The fourth-order valence-corrected chi connectivity index (χ4v) is 4.75. The minimum absolute atomic E-state index is 0.124. The Balaban J connectivity index is 1.98. The second kappa shape index (κ2) is 7.29. The highest BCUT2D eigenvalue weighted by atomic mass is 35.5. The molecule has 8 heteroatoms. The normalized spacial score (nSPS) is 11.9. The van der Waals surface area contributed by atoms with Gasteiger partial charge in [0.2, 0.25) is 10.0 Å².